The minimum absolute atomic E-state index is 0.217. The summed E-state index contributed by atoms with van der Waals surface area (Å²) in [6, 6.07) is 0. The molecule has 0 amide bonds. The van der Waals surface area contributed by atoms with Crippen molar-refractivity contribution < 1.29 is 0 Å². The van der Waals surface area contributed by atoms with E-state index in [0.717, 1.165) is 12.5 Å². The van der Waals surface area contributed by atoms with E-state index in [-0.39, 0.29) is 11.8 Å². The topological polar surface area (TPSA) is 76.7 Å². The van der Waals surface area contributed by atoms with E-state index in [1.807, 2.05) is 0 Å². The second kappa shape index (κ2) is 3.96. The SMILES string of the molecule is Nc1nc(CCl)nc(NCC2CC2)n1. The van der Waals surface area contributed by atoms with Gasteiger partial charge < -0.3 is 11.1 Å². The van der Waals surface area contributed by atoms with Gasteiger partial charge in [-0.2, -0.15) is 15.0 Å². The molecule has 0 aliphatic heterocycles. The first-order valence-corrected chi connectivity index (χ1v) is 5.11. The van der Waals surface area contributed by atoms with Crippen molar-refractivity contribution in [3.63, 3.8) is 0 Å². The van der Waals surface area contributed by atoms with Gasteiger partial charge >= 0.3 is 0 Å². The van der Waals surface area contributed by atoms with Crippen LogP contribution in [0.5, 0.6) is 0 Å². The highest BCUT2D eigenvalue weighted by Crippen LogP contribution is 2.28. The Kier molecular flexibility index (Phi) is 2.67. The Labute approximate surface area is 87.1 Å². The predicted molar refractivity (Wildman–Crippen MR) is 55.0 cm³/mol. The Morgan fingerprint density at radius 1 is 1.36 bits per heavy atom. The van der Waals surface area contributed by atoms with E-state index in [1.54, 1.807) is 0 Å². The summed E-state index contributed by atoms with van der Waals surface area (Å²) in [6.45, 7) is 0.908. The van der Waals surface area contributed by atoms with Crippen molar-refractivity contribution in [3.05, 3.63) is 5.82 Å². The van der Waals surface area contributed by atoms with Crippen molar-refractivity contribution in [3.8, 4) is 0 Å². The lowest BCUT2D eigenvalue weighted by Gasteiger charge is -2.04. The van der Waals surface area contributed by atoms with Gasteiger partial charge in [-0.25, -0.2) is 0 Å². The summed E-state index contributed by atoms with van der Waals surface area (Å²) in [5.41, 5.74) is 5.50. The summed E-state index contributed by atoms with van der Waals surface area (Å²) in [7, 11) is 0. The van der Waals surface area contributed by atoms with Crippen LogP contribution in [0.4, 0.5) is 11.9 Å². The largest absolute Gasteiger partial charge is 0.368 e. The van der Waals surface area contributed by atoms with Gasteiger partial charge in [0.15, 0.2) is 5.82 Å². The molecular formula is C8H12ClN5. The highest BCUT2D eigenvalue weighted by atomic mass is 35.5. The summed E-state index contributed by atoms with van der Waals surface area (Å²) in [5, 5.41) is 3.12. The molecule has 0 spiro atoms. The second-order valence-corrected chi connectivity index (χ2v) is 3.66. The average Bonchev–Trinajstić information content (AvgIpc) is 2.97. The number of halogens is 1. The number of nitrogens with zero attached hydrogens (tertiary/aromatic N) is 3. The smallest absolute Gasteiger partial charge is 0.227 e. The van der Waals surface area contributed by atoms with Gasteiger partial charge in [0.2, 0.25) is 11.9 Å². The second-order valence-electron chi connectivity index (χ2n) is 3.39. The van der Waals surface area contributed by atoms with Gasteiger partial charge in [-0.3, -0.25) is 0 Å². The van der Waals surface area contributed by atoms with Crippen LogP contribution in [-0.2, 0) is 5.88 Å². The summed E-state index contributed by atoms with van der Waals surface area (Å²) >= 11 is 5.61. The van der Waals surface area contributed by atoms with Gasteiger partial charge in [0.1, 0.15) is 0 Å². The lowest BCUT2D eigenvalue weighted by molar-refractivity contribution is 0.861. The predicted octanol–water partition coefficient (Wildman–Crippen LogP) is 1.01. The first-order valence-electron chi connectivity index (χ1n) is 4.58. The fraction of sp³-hybridized carbons (Fsp3) is 0.625. The van der Waals surface area contributed by atoms with Crippen molar-refractivity contribution >= 4 is 23.5 Å². The zero-order valence-electron chi connectivity index (χ0n) is 7.70. The molecule has 1 aromatic heterocycles. The summed E-state index contributed by atoms with van der Waals surface area (Å²) in [5.74, 6) is 2.28. The van der Waals surface area contributed by atoms with Gasteiger partial charge in [0.25, 0.3) is 0 Å². The molecule has 6 heteroatoms. The molecule has 3 N–H and O–H groups in total. The van der Waals surface area contributed by atoms with E-state index >= 15 is 0 Å². The van der Waals surface area contributed by atoms with Crippen LogP contribution in [0, 0.1) is 5.92 Å². The fourth-order valence-electron chi connectivity index (χ4n) is 1.13. The van der Waals surface area contributed by atoms with Crippen LogP contribution in [0.15, 0.2) is 0 Å². The van der Waals surface area contributed by atoms with Crippen LogP contribution < -0.4 is 11.1 Å². The Morgan fingerprint density at radius 3 is 2.79 bits per heavy atom. The molecule has 0 radical (unpaired) electrons. The molecule has 1 aliphatic carbocycles. The van der Waals surface area contributed by atoms with Crippen LogP contribution in [0.25, 0.3) is 0 Å². The number of hydrogen-bond donors (Lipinski definition) is 2. The standard InChI is InChI=1S/C8H12ClN5/c9-3-6-12-7(10)14-8(13-6)11-4-5-1-2-5/h5H,1-4H2,(H3,10,11,12,13,14). The van der Waals surface area contributed by atoms with Crippen molar-refractivity contribution in [1.29, 1.82) is 0 Å². The molecule has 0 unspecified atom stereocenters. The van der Waals surface area contributed by atoms with E-state index in [4.69, 9.17) is 17.3 Å². The van der Waals surface area contributed by atoms with E-state index < -0.39 is 0 Å². The first-order chi connectivity index (χ1) is 6.78. The molecule has 1 aromatic rings. The summed E-state index contributed by atoms with van der Waals surface area (Å²) in [6.07, 6.45) is 2.58. The molecule has 1 aliphatic rings. The average molecular weight is 214 g/mol. The zero-order valence-corrected chi connectivity index (χ0v) is 8.46. The number of nitrogens with one attached hydrogen (secondary N) is 1. The van der Waals surface area contributed by atoms with E-state index in [1.165, 1.54) is 12.8 Å². The van der Waals surface area contributed by atoms with E-state index in [0.29, 0.717) is 11.8 Å². The molecule has 5 nitrogen and oxygen atoms in total. The van der Waals surface area contributed by atoms with E-state index in [9.17, 15) is 0 Å². The number of anilines is 2. The maximum atomic E-state index is 5.61. The third kappa shape index (κ3) is 2.45. The van der Waals surface area contributed by atoms with E-state index in [2.05, 4.69) is 20.3 Å². The minimum atomic E-state index is 0.217. The lowest BCUT2D eigenvalue weighted by atomic mass is 10.4. The van der Waals surface area contributed by atoms with Crippen LogP contribution in [0.3, 0.4) is 0 Å². The molecule has 76 valence electrons. The van der Waals surface area contributed by atoms with Gasteiger partial charge in [-0.05, 0) is 18.8 Å². The highest BCUT2D eigenvalue weighted by Gasteiger charge is 2.21. The molecule has 1 fully saturated rings. The van der Waals surface area contributed by atoms with Crippen LogP contribution in [0.2, 0.25) is 0 Å². The normalized spacial score (nSPS) is 15.5. The number of alkyl halides is 1. The van der Waals surface area contributed by atoms with Crippen LogP contribution in [0.1, 0.15) is 18.7 Å². The molecular weight excluding hydrogens is 202 g/mol. The zero-order chi connectivity index (χ0) is 9.97. The number of nitrogen functional groups attached to an aromatic ring is 1. The lowest BCUT2D eigenvalue weighted by Crippen LogP contribution is -2.11. The number of hydrogen-bond acceptors (Lipinski definition) is 5. The minimum Gasteiger partial charge on any atom is -0.368 e. The monoisotopic (exact) mass is 213 g/mol. The van der Waals surface area contributed by atoms with Gasteiger partial charge in [0.05, 0.1) is 5.88 Å². The first kappa shape index (κ1) is 9.45. The Balaban J connectivity index is 2.03. The van der Waals surface area contributed by atoms with Crippen LogP contribution >= 0.6 is 11.6 Å². The number of rotatable bonds is 4. The number of aromatic nitrogens is 3. The summed E-state index contributed by atoms with van der Waals surface area (Å²) < 4.78 is 0. The molecule has 2 rings (SSSR count). The Bertz CT molecular complexity index is 326. The maximum Gasteiger partial charge on any atom is 0.227 e. The summed E-state index contributed by atoms with van der Waals surface area (Å²) in [4.78, 5) is 12.0. The Morgan fingerprint density at radius 2 is 2.14 bits per heavy atom. The third-order valence-electron chi connectivity index (χ3n) is 2.06. The maximum absolute atomic E-state index is 5.61. The van der Waals surface area contributed by atoms with Crippen molar-refractivity contribution in [1.82, 2.24) is 15.0 Å². The van der Waals surface area contributed by atoms with Gasteiger partial charge in [-0.1, -0.05) is 0 Å². The Hall–Kier alpha value is -1.10. The molecule has 14 heavy (non-hydrogen) atoms. The number of nitrogens with two attached hydrogens (primary N) is 1. The van der Waals surface area contributed by atoms with Crippen molar-refractivity contribution in [2.24, 2.45) is 5.92 Å². The van der Waals surface area contributed by atoms with Gasteiger partial charge in [-0.15, -0.1) is 11.6 Å². The van der Waals surface area contributed by atoms with Gasteiger partial charge in [0, 0.05) is 6.54 Å². The third-order valence-corrected chi connectivity index (χ3v) is 2.30. The van der Waals surface area contributed by atoms with Crippen molar-refractivity contribution in [2.75, 3.05) is 17.6 Å². The van der Waals surface area contributed by atoms with Crippen molar-refractivity contribution in [2.45, 2.75) is 18.7 Å². The highest BCUT2D eigenvalue weighted by molar-refractivity contribution is 6.16. The quantitative estimate of drug-likeness (QED) is 0.731. The fourth-order valence-corrected chi connectivity index (χ4v) is 1.25. The molecule has 0 bridgehead atoms. The molecule has 1 saturated carbocycles. The molecule has 1 heterocycles. The molecule has 0 atom stereocenters. The molecule has 0 saturated heterocycles. The van der Waals surface area contributed by atoms with Crippen LogP contribution in [-0.4, -0.2) is 21.5 Å². The molecule has 0 aromatic carbocycles.